The van der Waals surface area contributed by atoms with Crippen LogP contribution in [0.1, 0.15) is 53.1 Å². The van der Waals surface area contributed by atoms with Crippen molar-refractivity contribution in [1.29, 1.82) is 0 Å². The molecular formula is C32H34N2O5S. The number of carbonyl (C=O) groups excluding carboxylic acids is 2. The van der Waals surface area contributed by atoms with Crippen LogP contribution < -0.4 is 14.8 Å². The molecule has 0 aliphatic carbocycles. The molecule has 0 heterocycles. The second-order valence-corrected chi connectivity index (χ2v) is 11.4. The predicted molar refractivity (Wildman–Crippen MR) is 157 cm³/mol. The molecule has 0 aromatic heterocycles. The first-order valence-electron chi connectivity index (χ1n) is 13.3. The Hall–Kier alpha value is -4.17. The van der Waals surface area contributed by atoms with Crippen molar-refractivity contribution in [2.45, 2.75) is 43.4 Å². The molecule has 0 bridgehead atoms. The number of methoxy groups -OCH3 is 1. The summed E-state index contributed by atoms with van der Waals surface area (Å²) in [6.07, 6.45) is 2.62. The zero-order valence-electron chi connectivity index (χ0n) is 22.7. The molecule has 0 fully saturated rings. The highest BCUT2D eigenvalue weighted by molar-refractivity contribution is 7.90. The molecule has 0 aliphatic rings. The first-order valence-corrected chi connectivity index (χ1v) is 14.8. The SMILES string of the molecule is COc1ccccc1C(=O)NCCCCCC(C(=O)NS(=O)(=O)c1ccc(C)cc1)c1ccc2ccccc2c1. The van der Waals surface area contributed by atoms with Crippen molar-refractivity contribution in [1.82, 2.24) is 10.0 Å². The Morgan fingerprint density at radius 1 is 0.825 bits per heavy atom. The third kappa shape index (κ3) is 7.27. The molecule has 40 heavy (non-hydrogen) atoms. The fourth-order valence-corrected chi connectivity index (χ4v) is 5.65. The molecule has 0 spiro atoms. The van der Waals surface area contributed by atoms with Crippen molar-refractivity contribution in [3.05, 3.63) is 108 Å². The van der Waals surface area contributed by atoms with Crippen LogP contribution in [0, 0.1) is 6.92 Å². The number of benzene rings is 4. The molecule has 0 radical (unpaired) electrons. The summed E-state index contributed by atoms with van der Waals surface area (Å²) in [5.74, 6) is -0.884. The quantitative estimate of drug-likeness (QED) is 0.216. The maximum Gasteiger partial charge on any atom is 0.264 e. The van der Waals surface area contributed by atoms with Crippen molar-refractivity contribution in [2.75, 3.05) is 13.7 Å². The molecule has 4 rings (SSSR count). The molecule has 4 aromatic carbocycles. The van der Waals surface area contributed by atoms with E-state index in [0.29, 0.717) is 37.1 Å². The Morgan fingerprint density at radius 3 is 2.27 bits per heavy atom. The monoisotopic (exact) mass is 558 g/mol. The van der Waals surface area contributed by atoms with Gasteiger partial charge in [-0.1, -0.05) is 85.1 Å². The first-order chi connectivity index (χ1) is 19.3. The number of para-hydroxylation sites is 1. The highest BCUT2D eigenvalue weighted by Gasteiger charge is 2.26. The van der Waals surface area contributed by atoms with Crippen LogP contribution in [0.2, 0.25) is 0 Å². The zero-order valence-corrected chi connectivity index (χ0v) is 23.5. The minimum atomic E-state index is -4.01. The van der Waals surface area contributed by atoms with E-state index in [9.17, 15) is 18.0 Å². The number of rotatable bonds is 12. The van der Waals surface area contributed by atoms with Crippen LogP contribution in [0.25, 0.3) is 10.8 Å². The number of unbranched alkanes of at least 4 members (excludes halogenated alkanes) is 2. The number of hydrogen-bond donors (Lipinski definition) is 2. The number of carbonyl (C=O) groups is 2. The summed E-state index contributed by atoms with van der Waals surface area (Å²) in [4.78, 5) is 26.0. The molecule has 7 nitrogen and oxygen atoms in total. The number of ether oxygens (including phenoxy) is 1. The first kappa shape index (κ1) is 28.8. The van der Waals surface area contributed by atoms with Gasteiger partial charge in [0.05, 0.1) is 23.5 Å². The van der Waals surface area contributed by atoms with E-state index in [0.717, 1.165) is 28.3 Å². The lowest BCUT2D eigenvalue weighted by Gasteiger charge is -2.18. The van der Waals surface area contributed by atoms with Gasteiger partial charge in [-0.3, -0.25) is 9.59 Å². The van der Waals surface area contributed by atoms with E-state index < -0.39 is 21.8 Å². The van der Waals surface area contributed by atoms with Gasteiger partial charge in [-0.15, -0.1) is 0 Å². The Morgan fingerprint density at radius 2 is 1.52 bits per heavy atom. The van der Waals surface area contributed by atoms with E-state index in [2.05, 4.69) is 10.0 Å². The summed E-state index contributed by atoms with van der Waals surface area (Å²) in [5, 5.41) is 4.94. The van der Waals surface area contributed by atoms with Crippen LogP contribution >= 0.6 is 0 Å². The van der Waals surface area contributed by atoms with Crippen LogP contribution in [-0.2, 0) is 14.8 Å². The number of fused-ring (bicyclic) bond motifs is 1. The minimum absolute atomic E-state index is 0.0505. The fraction of sp³-hybridized carbons (Fsp3) is 0.250. The molecule has 1 atom stereocenters. The standard InChI is InChI=1S/C32H34N2O5S/c1-23-15-19-27(20-16-23)40(37,38)34-32(36)28(26-18-17-24-10-5-6-11-25(24)22-26)12-4-3-9-21-33-31(35)29-13-7-8-14-30(29)39-2/h5-8,10-11,13-20,22,28H,3-4,9,12,21H2,1-2H3,(H,33,35)(H,34,36). The molecule has 8 heteroatoms. The summed E-state index contributed by atoms with van der Waals surface area (Å²) in [7, 11) is -2.48. The van der Waals surface area contributed by atoms with Crippen molar-refractivity contribution in [3.8, 4) is 5.75 Å². The second kappa shape index (κ2) is 13.3. The lowest BCUT2D eigenvalue weighted by molar-refractivity contribution is -0.121. The lowest BCUT2D eigenvalue weighted by atomic mass is 9.91. The number of nitrogens with one attached hydrogen (secondary N) is 2. The van der Waals surface area contributed by atoms with Crippen LogP contribution in [0.3, 0.4) is 0 Å². The average Bonchev–Trinajstić information content (AvgIpc) is 2.96. The van der Waals surface area contributed by atoms with Crippen LogP contribution in [0.5, 0.6) is 5.75 Å². The van der Waals surface area contributed by atoms with E-state index in [1.807, 2.05) is 55.5 Å². The molecule has 0 aliphatic heterocycles. The zero-order chi connectivity index (χ0) is 28.5. The summed E-state index contributed by atoms with van der Waals surface area (Å²) in [6, 6.07) is 27.1. The van der Waals surface area contributed by atoms with Gasteiger partial charge in [-0.25, -0.2) is 13.1 Å². The second-order valence-electron chi connectivity index (χ2n) is 9.75. The smallest absolute Gasteiger partial charge is 0.264 e. The molecule has 1 unspecified atom stereocenters. The maximum absolute atomic E-state index is 13.4. The van der Waals surface area contributed by atoms with Gasteiger partial charge in [0.2, 0.25) is 5.91 Å². The van der Waals surface area contributed by atoms with Gasteiger partial charge in [0, 0.05) is 6.54 Å². The van der Waals surface area contributed by atoms with Gasteiger partial charge in [0.25, 0.3) is 15.9 Å². The third-order valence-electron chi connectivity index (χ3n) is 6.87. The Kier molecular flexibility index (Phi) is 9.56. The Bertz CT molecular complexity index is 1580. The van der Waals surface area contributed by atoms with Crippen molar-refractivity contribution in [2.24, 2.45) is 0 Å². The molecule has 2 N–H and O–H groups in total. The molecule has 4 aromatic rings. The van der Waals surface area contributed by atoms with E-state index in [1.165, 1.54) is 19.2 Å². The van der Waals surface area contributed by atoms with Gasteiger partial charge in [-0.05, 0) is 60.4 Å². The Labute approximate surface area is 235 Å². The van der Waals surface area contributed by atoms with Crippen LogP contribution in [0.15, 0.2) is 95.9 Å². The summed E-state index contributed by atoms with van der Waals surface area (Å²) < 4.78 is 33.5. The van der Waals surface area contributed by atoms with Crippen LogP contribution in [-0.4, -0.2) is 33.9 Å². The molecular weight excluding hydrogens is 524 g/mol. The van der Waals surface area contributed by atoms with E-state index >= 15 is 0 Å². The number of aryl methyl sites for hydroxylation is 1. The number of hydrogen-bond acceptors (Lipinski definition) is 5. The molecule has 2 amide bonds. The van der Waals surface area contributed by atoms with Gasteiger partial charge in [-0.2, -0.15) is 0 Å². The summed E-state index contributed by atoms with van der Waals surface area (Å²) in [6.45, 7) is 2.35. The number of amides is 2. The van der Waals surface area contributed by atoms with E-state index in [4.69, 9.17) is 4.74 Å². The topological polar surface area (TPSA) is 102 Å². The maximum atomic E-state index is 13.4. The van der Waals surface area contributed by atoms with Crippen molar-refractivity contribution < 1.29 is 22.7 Å². The normalized spacial score (nSPS) is 12.1. The average molecular weight is 559 g/mol. The van der Waals surface area contributed by atoms with Gasteiger partial charge in [0.15, 0.2) is 0 Å². The highest BCUT2D eigenvalue weighted by Crippen LogP contribution is 2.27. The predicted octanol–water partition coefficient (Wildman–Crippen LogP) is 5.74. The third-order valence-corrected chi connectivity index (χ3v) is 8.23. The minimum Gasteiger partial charge on any atom is -0.496 e. The lowest BCUT2D eigenvalue weighted by Crippen LogP contribution is -2.34. The molecule has 208 valence electrons. The number of sulfonamides is 1. The highest BCUT2D eigenvalue weighted by atomic mass is 32.2. The summed E-state index contributed by atoms with van der Waals surface area (Å²) in [5.41, 5.74) is 2.17. The van der Waals surface area contributed by atoms with E-state index in [-0.39, 0.29) is 10.8 Å². The Balaban J connectivity index is 1.41. The summed E-state index contributed by atoms with van der Waals surface area (Å²) >= 11 is 0. The van der Waals surface area contributed by atoms with E-state index in [1.54, 1.807) is 30.3 Å². The molecule has 0 saturated carbocycles. The largest absolute Gasteiger partial charge is 0.496 e. The van der Waals surface area contributed by atoms with Crippen molar-refractivity contribution >= 4 is 32.6 Å². The van der Waals surface area contributed by atoms with Gasteiger partial charge >= 0.3 is 0 Å². The van der Waals surface area contributed by atoms with Crippen molar-refractivity contribution in [3.63, 3.8) is 0 Å². The fourth-order valence-electron chi connectivity index (χ4n) is 4.63. The van der Waals surface area contributed by atoms with Gasteiger partial charge < -0.3 is 10.1 Å². The molecule has 0 saturated heterocycles. The van der Waals surface area contributed by atoms with Crippen LogP contribution in [0.4, 0.5) is 0 Å². The van der Waals surface area contributed by atoms with Gasteiger partial charge in [0.1, 0.15) is 5.75 Å².